The Balaban J connectivity index is 2.40. The van der Waals surface area contributed by atoms with Crippen molar-refractivity contribution >= 4 is 46.2 Å². The third kappa shape index (κ3) is 2.09. The van der Waals surface area contributed by atoms with Crippen LogP contribution in [-0.2, 0) is 0 Å². The molecule has 7 heteroatoms. The van der Waals surface area contributed by atoms with Gasteiger partial charge in [-0.15, -0.1) is 0 Å². The summed E-state index contributed by atoms with van der Waals surface area (Å²) in [6.45, 7) is 0. The average Bonchev–Trinajstić information content (AvgIpc) is 2.48. The number of nitrogens with zero attached hydrogens (tertiary/aromatic N) is 2. The molecule has 1 aliphatic rings. The predicted molar refractivity (Wildman–Crippen MR) is 71.3 cm³/mol. The molecule has 2 rings (SSSR count). The Morgan fingerprint density at radius 3 is 2.29 bits per heavy atom. The standard InChI is InChI=1S/C10H10Cl2N2O2S/c1-13-8(15)9(16)14(10(13)17)5-2-3-6(11)7(12)4-5/h2-4,8-9,15-16H,1H3. The summed E-state index contributed by atoms with van der Waals surface area (Å²) in [5, 5.41) is 20.7. The second kappa shape index (κ2) is 4.59. The van der Waals surface area contributed by atoms with E-state index in [0.29, 0.717) is 20.8 Å². The zero-order chi connectivity index (χ0) is 12.7. The highest BCUT2D eigenvalue weighted by atomic mass is 35.5. The number of likely N-dealkylation sites (N-methyl/N-ethyl adjacent to an activating group) is 1. The molecule has 0 saturated carbocycles. The Hall–Kier alpha value is -0.590. The topological polar surface area (TPSA) is 46.9 Å². The van der Waals surface area contributed by atoms with E-state index in [4.69, 9.17) is 35.4 Å². The van der Waals surface area contributed by atoms with Gasteiger partial charge in [0.2, 0.25) is 0 Å². The monoisotopic (exact) mass is 292 g/mol. The summed E-state index contributed by atoms with van der Waals surface area (Å²) in [4.78, 5) is 2.82. The molecule has 0 aliphatic carbocycles. The maximum Gasteiger partial charge on any atom is 0.180 e. The Morgan fingerprint density at radius 1 is 1.18 bits per heavy atom. The zero-order valence-electron chi connectivity index (χ0n) is 8.84. The molecule has 1 aromatic rings. The van der Waals surface area contributed by atoms with Crippen LogP contribution in [0.5, 0.6) is 0 Å². The van der Waals surface area contributed by atoms with Crippen molar-refractivity contribution < 1.29 is 10.2 Å². The van der Waals surface area contributed by atoms with Gasteiger partial charge in [-0.3, -0.25) is 4.90 Å². The fraction of sp³-hybridized carbons (Fsp3) is 0.300. The SMILES string of the molecule is CN1C(=S)N(c2ccc(Cl)c(Cl)c2)C(O)C1O. The van der Waals surface area contributed by atoms with Crippen LogP contribution in [0.2, 0.25) is 10.0 Å². The van der Waals surface area contributed by atoms with Crippen molar-refractivity contribution in [2.75, 3.05) is 11.9 Å². The summed E-state index contributed by atoms with van der Waals surface area (Å²) in [6.07, 6.45) is -2.18. The third-order valence-electron chi connectivity index (χ3n) is 2.62. The van der Waals surface area contributed by atoms with Gasteiger partial charge in [-0.25, -0.2) is 0 Å². The Morgan fingerprint density at radius 2 is 1.82 bits per heavy atom. The van der Waals surface area contributed by atoms with Crippen LogP contribution in [0.25, 0.3) is 0 Å². The first-order valence-electron chi connectivity index (χ1n) is 4.80. The first kappa shape index (κ1) is 12.9. The molecule has 2 unspecified atom stereocenters. The molecule has 17 heavy (non-hydrogen) atoms. The zero-order valence-corrected chi connectivity index (χ0v) is 11.2. The summed E-state index contributed by atoms with van der Waals surface area (Å²) in [6, 6.07) is 4.88. The van der Waals surface area contributed by atoms with Gasteiger partial charge in [0.15, 0.2) is 17.6 Å². The van der Waals surface area contributed by atoms with E-state index in [0.717, 1.165) is 0 Å². The van der Waals surface area contributed by atoms with E-state index in [1.807, 2.05) is 0 Å². The molecule has 1 fully saturated rings. The number of hydrogen-bond donors (Lipinski definition) is 2. The Bertz CT molecular complexity index is 472. The lowest BCUT2D eigenvalue weighted by Gasteiger charge is -2.21. The minimum Gasteiger partial charge on any atom is -0.369 e. The molecule has 4 nitrogen and oxygen atoms in total. The van der Waals surface area contributed by atoms with Crippen molar-refractivity contribution in [3.05, 3.63) is 28.2 Å². The molecule has 0 amide bonds. The van der Waals surface area contributed by atoms with E-state index in [-0.39, 0.29) is 0 Å². The average molecular weight is 293 g/mol. The van der Waals surface area contributed by atoms with E-state index in [1.54, 1.807) is 25.2 Å². The molecule has 1 aliphatic heterocycles. The number of halogens is 2. The Kier molecular flexibility index (Phi) is 3.47. The van der Waals surface area contributed by atoms with Gasteiger partial charge >= 0.3 is 0 Å². The second-order valence-corrected chi connectivity index (χ2v) is 4.87. The largest absolute Gasteiger partial charge is 0.369 e. The number of rotatable bonds is 1. The van der Waals surface area contributed by atoms with Crippen molar-refractivity contribution in [2.45, 2.75) is 12.5 Å². The smallest absolute Gasteiger partial charge is 0.180 e. The lowest BCUT2D eigenvalue weighted by Crippen LogP contribution is -2.36. The van der Waals surface area contributed by atoms with E-state index in [1.165, 1.54) is 9.80 Å². The maximum atomic E-state index is 9.88. The Labute approximate surface area is 114 Å². The molecule has 1 heterocycles. The predicted octanol–water partition coefficient (Wildman–Crippen LogP) is 1.67. The molecule has 0 radical (unpaired) electrons. The molecular weight excluding hydrogens is 283 g/mol. The summed E-state index contributed by atoms with van der Waals surface area (Å²) >= 11 is 16.8. The van der Waals surface area contributed by atoms with Gasteiger partial charge in [0.05, 0.1) is 10.0 Å². The lowest BCUT2D eigenvalue weighted by atomic mass is 10.3. The van der Waals surface area contributed by atoms with Crippen molar-refractivity contribution in [1.82, 2.24) is 4.90 Å². The number of aliphatic hydroxyl groups excluding tert-OH is 2. The number of benzene rings is 1. The number of aliphatic hydroxyl groups is 2. The van der Waals surface area contributed by atoms with Crippen LogP contribution in [0.4, 0.5) is 5.69 Å². The third-order valence-corrected chi connectivity index (χ3v) is 3.84. The normalized spacial score (nSPS) is 24.6. The van der Waals surface area contributed by atoms with Crippen molar-refractivity contribution in [2.24, 2.45) is 0 Å². The van der Waals surface area contributed by atoms with Gasteiger partial charge in [0, 0.05) is 12.7 Å². The van der Waals surface area contributed by atoms with E-state index in [2.05, 4.69) is 0 Å². The number of thiocarbonyl (C=S) groups is 1. The molecule has 2 N–H and O–H groups in total. The van der Waals surface area contributed by atoms with Crippen LogP contribution in [0.3, 0.4) is 0 Å². The summed E-state index contributed by atoms with van der Waals surface area (Å²) in [5.41, 5.74) is 0.584. The highest BCUT2D eigenvalue weighted by Crippen LogP contribution is 2.31. The minimum atomic E-state index is -1.12. The second-order valence-electron chi connectivity index (χ2n) is 3.69. The minimum absolute atomic E-state index is 0.323. The fourth-order valence-electron chi connectivity index (χ4n) is 1.63. The van der Waals surface area contributed by atoms with E-state index in [9.17, 15) is 10.2 Å². The number of anilines is 1. The van der Waals surface area contributed by atoms with Crippen LogP contribution in [0.1, 0.15) is 0 Å². The first-order chi connectivity index (χ1) is 7.93. The summed E-state index contributed by atoms with van der Waals surface area (Å²) in [7, 11) is 1.60. The molecule has 0 bridgehead atoms. The van der Waals surface area contributed by atoms with Gasteiger partial charge in [0.1, 0.15) is 0 Å². The van der Waals surface area contributed by atoms with Gasteiger partial charge < -0.3 is 15.1 Å². The molecular formula is C10H10Cl2N2O2S. The van der Waals surface area contributed by atoms with Crippen molar-refractivity contribution in [3.8, 4) is 0 Å². The van der Waals surface area contributed by atoms with Gasteiger partial charge in [-0.2, -0.15) is 0 Å². The number of hydrogen-bond acceptors (Lipinski definition) is 3. The quantitative estimate of drug-likeness (QED) is 0.771. The van der Waals surface area contributed by atoms with Crippen LogP contribution < -0.4 is 4.90 Å². The van der Waals surface area contributed by atoms with Crippen molar-refractivity contribution in [3.63, 3.8) is 0 Å². The van der Waals surface area contributed by atoms with Crippen molar-refractivity contribution in [1.29, 1.82) is 0 Å². The lowest BCUT2D eigenvalue weighted by molar-refractivity contribution is -0.0154. The first-order valence-corrected chi connectivity index (χ1v) is 5.97. The van der Waals surface area contributed by atoms with Gasteiger partial charge in [-0.05, 0) is 30.4 Å². The molecule has 92 valence electrons. The molecule has 2 atom stereocenters. The van der Waals surface area contributed by atoms with Crippen LogP contribution in [0, 0.1) is 0 Å². The van der Waals surface area contributed by atoms with E-state index < -0.39 is 12.5 Å². The van der Waals surface area contributed by atoms with Crippen LogP contribution >= 0.6 is 35.4 Å². The summed E-state index contributed by atoms with van der Waals surface area (Å²) in [5.74, 6) is 0. The molecule has 0 spiro atoms. The highest BCUT2D eigenvalue weighted by Gasteiger charge is 2.40. The fourth-order valence-corrected chi connectivity index (χ4v) is 2.24. The molecule has 0 aromatic heterocycles. The maximum absolute atomic E-state index is 9.88. The van der Waals surface area contributed by atoms with E-state index >= 15 is 0 Å². The van der Waals surface area contributed by atoms with Gasteiger partial charge in [-0.1, -0.05) is 23.2 Å². The highest BCUT2D eigenvalue weighted by molar-refractivity contribution is 7.80. The molecule has 1 saturated heterocycles. The van der Waals surface area contributed by atoms with Gasteiger partial charge in [0.25, 0.3) is 0 Å². The molecule has 1 aromatic carbocycles. The van der Waals surface area contributed by atoms with Crippen LogP contribution in [0.15, 0.2) is 18.2 Å². The summed E-state index contributed by atoms with van der Waals surface area (Å²) < 4.78 is 0. The van der Waals surface area contributed by atoms with Crippen LogP contribution in [-0.4, -0.2) is 39.7 Å².